The van der Waals surface area contributed by atoms with Crippen LogP contribution in [0.1, 0.15) is 393 Å². The number of rotatable bonds is 65. The van der Waals surface area contributed by atoms with Gasteiger partial charge in [0.1, 0.15) is 0 Å². The lowest BCUT2D eigenvalue weighted by molar-refractivity contribution is -0.143. The van der Waals surface area contributed by atoms with E-state index in [1.54, 1.807) is 0 Å². The third-order valence-corrected chi connectivity index (χ3v) is 16.3. The van der Waals surface area contributed by atoms with Gasteiger partial charge in [-0.1, -0.05) is 341 Å². The smallest absolute Gasteiger partial charge is 0.305 e. The molecule has 6 heteroatoms. The van der Waals surface area contributed by atoms with Crippen molar-refractivity contribution >= 4 is 11.9 Å². The Bertz CT molecular complexity index is 1130. The molecule has 2 unspecified atom stereocenters. The third-order valence-electron chi connectivity index (χ3n) is 16.3. The van der Waals surface area contributed by atoms with Crippen molar-refractivity contribution < 1.29 is 24.5 Å². The first-order valence-electron chi connectivity index (χ1n) is 34.4. The molecule has 6 nitrogen and oxygen atoms in total. The van der Waals surface area contributed by atoms with E-state index in [2.05, 4.69) is 31.3 Å². The second kappa shape index (κ2) is 65.1. The Morgan fingerprint density at radius 1 is 0.360 bits per heavy atom. The lowest BCUT2D eigenvalue weighted by atomic mass is 10.0. The molecular weight excluding hydrogens is 923 g/mol. The van der Waals surface area contributed by atoms with Crippen LogP contribution in [0.3, 0.4) is 0 Å². The molecule has 75 heavy (non-hydrogen) atoms. The minimum Gasteiger partial charge on any atom is -0.466 e. The summed E-state index contributed by atoms with van der Waals surface area (Å²) in [4.78, 5) is 24.6. The van der Waals surface area contributed by atoms with Crippen molar-refractivity contribution in [2.24, 2.45) is 0 Å². The van der Waals surface area contributed by atoms with Crippen molar-refractivity contribution in [1.29, 1.82) is 0 Å². The van der Waals surface area contributed by atoms with Crippen molar-refractivity contribution in [3.63, 3.8) is 0 Å². The molecular formula is C69H135NO5. The average molecular weight is 1060 g/mol. The molecule has 0 fully saturated rings. The maximum Gasteiger partial charge on any atom is 0.305 e. The van der Waals surface area contributed by atoms with Gasteiger partial charge in [-0.3, -0.25) is 9.59 Å². The highest BCUT2D eigenvalue weighted by molar-refractivity contribution is 5.76. The van der Waals surface area contributed by atoms with Crippen LogP contribution >= 0.6 is 0 Å². The zero-order chi connectivity index (χ0) is 54.3. The van der Waals surface area contributed by atoms with Crippen molar-refractivity contribution in [3.8, 4) is 0 Å². The molecule has 0 saturated carbocycles. The van der Waals surface area contributed by atoms with Crippen LogP contribution in [0.25, 0.3) is 0 Å². The van der Waals surface area contributed by atoms with Crippen LogP contribution < -0.4 is 5.32 Å². The van der Waals surface area contributed by atoms with E-state index in [0.29, 0.717) is 25.9 Å². The van der Waals surface area contributed by atoms with Crippen LogP contribution in [0, 0.1) is 0 Å². The molecule has 0 aromatic rings. The number of hydrogen-bond donors (Lipinski definition) is 3. The van der Waals surface area contributed by atoms with Crippen LogP contribution in [0.2, 0.25) is 0 Å². The summed E-state index contributed by atoms with van der Waals surface area (Å²) in [5.74, 6) is -0.0166. The highest BCUT2D eigenvalue weighted by Gasteiger charge is 2.20. The normalized spacial score (nSPS) is 12.5. The van der Waals surface area contributed by atoms with Crippen LogP contribution in [-0.2, 0) is 14.3 Å². The van der Waals surface area contributed by atoms with Gasteiger partial charge in [-0.2, -0.15) is 0 Å². The quantitative estimate of drug-likeness (QED) is 0.0320. The summed E-state index contributed by atoms with van der Waals surface area (Å²) in [5.41, 5.74) is 0. The number of esters is 1. The average Bonchev–Trinajstić information content (AvgIpc) is 3.41. The van der Waals surface area contributed by atoms with Crippen LogP contribution in [0.5, 0.6) is 0 Å². The highest BCUT2D eigenvalue weighted by Crippen LogP contribution is 2.19. The molecule has 446 valence electrons. The number of carbonyl (C=O) groups is 2. The van der Waals surface area contributed by atoms with E-state index < -0.39 is 12.1 Å². The molecule has 3 N–H and O–H groups in total. The minimum atomic E-state index is -0.666. The Morgan fingerprint density at radius 3 is 0.947 bits per heavy atom. The fourth-order valence-electron chi connectivity index (χ4n) is 11.1. The van der Waals surface area contributed by atoms with Crippen molar-refractivity contribution in [3.05, 3.63) is 12.2 Å². The van der Waals surface area contributed by atoms with Gasteiger partial charge in [0.25, 0.3) is 0 Å². The molecule has 0 aliphatic carbocycles. The first-order chi connectivity index (χ1) is 37.0. The summed E-state index contributed by atoms with van der Waals surface area (Å²) in [6.45, 7) is 4.99. The molecule has 2 atom stereocenters. The Kier molecular flexibility index (Phi) is 63.9. The van der Waals surface area contributed by atoms with E-state index in [9.17, 15) is 19.8 Å². The first-order valence-corrected chi connectivity index (χ1v) is 34.4. The highest BCUT2D eigenvalue weighted by atomic mass is 16.5. The van der Waals surface area contributed by atoms with Gasteiger partial charge in [-0.05, 0) is 51.4 Å². The number of ether oxygens (including phenoxy) is 1. The second-order valence-corrected chi connectivity index (χ2v) is 23.9. The number of unbranched alkanes of at least 4 members (excludes halogenated alkanes) is 52. The molecule has 0 aromatic heterocycles. The number of carbonyl (C=O) groups excluding carboxylic acids is 2. The fourth-order valence-corrected chi connectivity index (χ4v) is 11.1. The molecule has 0 bridgehead atoms. The lowest BCUT2D eigenvalue weighted by Gasteiger charge is -2.22. The van der Waals surface area contributed by atoms with Crippen LogP contribution in [0.4, 0.5) is 0 Å². The molecule has 0 aromatic carbocycles. The Hall–Kier alpha value is -1.40. The van der Waals surface area contributed by atoms with E-state index in [4.69, 9.17) is 4.74 Å². The van der Waals surface area contributed by atoms with Crippen molar-refractivity contribution in [1.82, 2.24) is 5.32 Å². The second-order valence-electron chi connectivity index (χ2n) is 23.9. The summed E-state index contributed by atoms with van der Waals surface area (Å²) < 4.78 is 5.50. The summed E-state index contributed by atoms with van der Waals surface area (Å²) in [7, 11) is 0. The molecule has 0 radical (unpaired) electrons. The molecule has 0 aliphatic heterocycles. The van der Waals surface area contributed by atoms with Crippen molar-refractivity contribution in [2.75, 3.05) is 13.2 Å². The van der Waals surface area contributed by atoms with E-state index in [0.717, 1.165) is 38.5 Å². The van der Waals surface area contributed by atoms with E-state index in [1.807, 2.05) is 0 Å². The third kappa shape index (κ3) is 61.7. The van der Waals surface area contributed by atoms with E-state index >= 15 is 0 Å². The lowest BCUT2D eigenvalue weighted by Crippen LogP contribution is -2.45. The fraction of sp³-hybridized carbons (Fsp3) is 0.942. The number of amides is 1. The van der Waals surface area contributed by atoms with Gasteiger partial charge in [0, 0.05) is 12.8 Å². The summed E-state index contributed by atoms with van der Waals surface area (Å²) in [6, 6.07) is -0.543. The Balaban J connectivity index is 3.38. The molecule has 0 rings (SSSR count). The van der Waals surface area contributed by atoms with E-state index in [-0.39, 0.29) is 18.5 Å². The molecule has 0 heterocycles. The SMILES string of the molecule is CCCCCCCCCCCCCCCCCCCCC(O)C(CO)NC(=O)CCCCCCCCCCC/C=C\CCCCCCCCCCCCCCOC(=O)CCCCCCCCCCCCCCCCC. The van der Waals surface area contributed by atoms with Gasteiger partial charge in [-0.25, -0.2) is 0 Å². The van der Waals surface area contributed by atoms with Gasteiger partial charge < -0.3 is 20.3 Å². The maximum absolute atomic E-state index is 12.5. The van der Waals surface area contributed by atoms with Crippen molar-refractivity contribution in [2.45, 2.75) is 405 Å². The number of nitrogens with one attached hydrogen (secondary N) is 1. The zero-order valence-electron chi connectivity index (χ0n) is 51.1. The Labute approximate surface area is 469 Å². The van der Waals surface area contributed by atoms with E-state index in [1.165, 1.54) is 321 Å². The largest absolute Gasteiger partial charge is 0.466 e. The van der Waals surface area contributed by atoms with Crippen LogP contribution in [-0.4, -0.2) is 47.4 Å². The molecule has 0 saturated heterocycles. The summed E-state index contributed by atoms with van der Waals surface area (Å²) >= 11 is 0. The standard InChI is InChI=1S/C69H135NO5/c1-3-5-7-9-11-13-15-17-19-20-30-34-37-41-45-49-53-57-61-67(72)66(65-71)70-68(73)62-58-54-50-46-42-38-35-31-28-26-24-22-21-23-25-27-29-32-36-40-44-48-52-56-60-64-75-69(74)63-59-55-51-47-43-39-33-18-16-14-12-10-8-6-4-2/h22,24,66-67,71-72H,3-21,23,25-65H2,1-2H3,(H,70,73)/b24-22-. The zero-order valence-corrected chi connectivity index (χ0v) is 51.1. The molecule has 0 spiro atoms. The van der Waals surface area contributed by atoms with Gasteiger partial charge in [0.2, 0.25) is 5.91 Å². The van der Waals surface area contributed by atoms with Gasteiger partial charge in [0.15, 0.2) is 0 Å². The van der Waals surface area contributed by atoms with Crippen LogP contribution in [0.15, 0.2) is 12.2 Å². The van der Waals surface area contributed by atoms with Gasteiger partial charge in [0.05, 0.1) is 25.4 Å². The Morgan fingerprint density at radius 2 is 0.627 bits per heavy atom. The molecule has 1 amide bonds. The topological polar surface area (TPSA) is 95.9 Å². The predicted molar refractivity (Wildman–Crippen MR) is 329 cm³/mol. The summed E-state index contributed by atoms with van der Waals surface area (Å²) in [6.07, 6.45) is 79.6. The summed E-state index contributed by atoms with van der Waals surface area (Å²) in [5, 5.41) is 23.4. The first kappa shape index (κ1) is 73.6. The predicted octanol–water partition coefficient (Wildman–Crippen LogP) is 22.0. The number of aliphatic hydroxyl groups is 2. The van der Waals surface area contributed by atoms with Gasteiger partial charge >= 0.3 is 5.97 Å². The number of aliphatic hydroxyl groups excluding tert-OH is 2. The number of allylic oxidation sites excluding steroid dienone is 2. The maximum atomic E-state index is 12.5. The monoisotopic (exact) mass is 1060 g/mol. The minimum absolute atomic E-state index is 0.0174. The number of hydrogen-bond acceptors (Lipinski definition) is 5. The van der Waals surface area contributed by atoms with Gasteiger partial charge in [-0.15, -0.1) is 0 Å². The molecule has 0 aliphatic rings.